The van der Waals surface area contributed by atoms with Crippen LogP contribution in [0.2, 0.25) is 0 Å². The van der Waals surface area contributed by atoms with Crippen LogP contribution < -0.4 is 10.0 Å². The number of hydrogen-bond donors (Lipinski definition) is 2. The van der Waals surface area contributed by atoms with Crippen LogP contribution in [0.25, 0.3) is 0 Å². The summed E-state index contributed by atoms with van der Waals surface area (Å²) in [5.74, 6) is 0. The van der Waals surface area contributed by atoms with E-state index in [2.05, 4.69) is 10.0 Å². The molecule has 0 fully saturated rings. The molecule has 114 valence electrons. The van der Waals surface area contributed by atoms with E-state index in [0.29, 0.717) is 16.4 Å². The molecule has 1 aromatic heterocycles. The van der Waals surface area contributed by atoms with Crippen molar-refractivity contribution in [3.05, 3.63) is 45.8 Å². The molecule has 21 heavy (non-hydrogen) atoms. The number of nitrogens with one attached hydrogen (secondary N) is 2. The molecular weight excluding hydrogens is 304 g/mol. The van der Waals surface area contributed by atoms with Gasteiger partial charge in [0, 0.05) is 17.1 Å². The fourth-order valence-corrected chi connectivity index (χ4v) is 4.84. The molecule has 0 amide bonds. The topological polar surface area (TPSA) is 58.2 Å². The highest BCUT2D eigenvalue weighted by Crippen LogP contribution is 2.28. The Balaban J connectivity index is 2.31. The van der Waals surface area contributed by atoms with Gasteiger partial charge in [0.15, 0.2) is 0 Å². The minimum atomic E-state index is -3.53. The normalized spacial score (nSPS) is 11.6. The first kappa shape index (κ1) is 16.0. The van der Waals surface area contributed by atoms with E-state index < -0.39 is 10.0 Å². The summed E-state index contributed by atoms with van der Waals surface area (Å²) in [5.41, 5.74) is 3.67. The number of rotatable bonds is 5. The highest BCUT2D eigenvalue weighted by molar-refractivity contribution is 7.94. The van der Waals surface area contributed by atoms with Crippen LogP contribution >= 0.6 is 11.3 Å². The molecule has 1 aromatic carbocycles. The van der Waals surface area contributed by atoms with E-state index in [9.17, 15) is 8.42 Å². The van der Waals surface area contributed by atoms with Crippen LogP contribution in [-0.2, 0) is 16.6 Å². The third-order valence-corrected chi connectivity index (χ3v) is 6.17. The van der Waals surface area contributed by atoms with Gasteiger partial charge in [0.1, 0.15) is 4.21 Å². The molecule has 0 aliphatic rings. The van der Waals surface area contributed by atoms with Gasteiger partial charge >= 0.3 is 0 Å². The lowest BCUT2D eigenvalue weighted by atomic mass is 10.1. The lowest BCUT2D eigenvalue weighted by Gasteiger charge is -2.08. The fourth-order valence-electron chi connectivity index (χ4n) is 2.20. The Morgan fingerprint density at radius 2 is 1.67 bits per heavy atom. The number of anilines is 1. The van der Waals surface area contributed by atoms with Crippen molar-refractivity contribution in [2.45, 2.75) is 31.5 Å². The van der Waals surface area contributed by atoms with Crippen molar-refractivity contribution in [1.82, 2.24) is 5.32 Å². The summed E-state index contributed by atoms with van der Waals surface area (Å²) < 4.78 is 28.0. The molecule has 2 rings (SSSR count). The van der Waals surface area contributed by atoms with Crippen LogP contribution in [0.3, 0.4) is 0 Å². The first-order valence-corrected chi connectivity index (χ1v) is 8.97. The molecule has 0 aliphatic heterocycles. The third kappa shape index (κ3) is 3.84. The van der Waals surface area contributed by atoms with Crippen LogP contribution in [0.1, 0.15) is 21.6 Å². The Hall–Kier alpha value is -1.37. The van der Waals surface area contributed by atoms with Crippen molar-refractivity contribution in [3.63, 3.8) is 0 Å². The first-order chi connectivity index (χ1) is 9.81. The van der Waals surface area contributed by atoms with Gasteiger partial charge in [-0.3, -0.25) is 4.72 Å². The number of benzene rings is 1. The second kappa shape index (κ2) is 6.17. The average Bonchev–Trinajstić information content (AvgIpc) is 2.70. The summed E-state index contributed by atoms with van der Waals surface area (Å²) in [5, 5.41) is 3.05. The molecule has 0 unspecified atom stereocenters. The number of thiophene rings is 1. The largest absolute Gasteiger partial charge is 0.315 e. The predicted molar refractivity (Wildman–Crippen MR) is 88.5 cm³/mol. The Morgan fingerprint density at radius 1 is 1.05 bits per heavy atom. The van der Waals surface area contributed by atoms with E-state index in [1.807, 2.05) is 46.0 Å². The van der Waals surface area contributed by atoms with Gasteiger partial charge in [-0.1, -0.05) is 6.07 Å². The van der Waals surface area contributed by atoms with Crippen molar-refractivity contribution < 1.29 is 8.42 Å². The molecule has 6 heteroatoms. The summed E-state index contributed by atoms with van der Waals surface area (Å²) in [6, 6.07) is 7.40. The van der Waals surface area contributed by atoms with Crippen molar-refractivity contribution in [2.75, 3.05) is 11.8 Å². The monoisotopic (exact) mass is 324 g/mol. The molecule has 0 bridgehead atoms. The Bertz CT molecular complexity index is 729. The van der Waals surface area contributed by atoms with Gasteiger partial charge in [-0.2, -0.15) is 0 Å². The molecule has 0 atom stereocenters. The molecular formula is C15H20N2O2S2. The Morgan fingerprint density at radius 3 is 2.24 bits per heavy atom. The van der Waals surface area contributed by atoms with E-state index in [0.717, 1.165) is 21.6 Å². The standard InChI is InChI=1S/C15H20N2O2S2/c1-10-5-11(2)7-13(6-10)17-21(18,19)15-8-12(3)14(20-15)9-16-4/h5-8,16-17H,9H2,1-4H3. The molecule has 0 saturated heterocycles. The van der Waals surface area contributed by atoms with Crippen molar-refractivity contribution in [3.8, 4) is 0 Å². The molecule has 2 N–H and O–H groups in total. The Labute approximate surface area is 130 Å². The van der Waals surface area contributed by atoms with E-state index in [-0.39, 0.29) is 0 Å². The summed E-state index contributed by atoms with van der Waals surface area (Å²) >= 11 is 1.31. The van der Waals surface area contributed by atoms with Crippen LogP contribution in [0.5, 0.6) is 0 Å². The van der Waals surface area contributed by atoms with Crippen LogP contribution in [-0.4, -0.2) is 15.5 Å². The fraction of sp³-hybridized carbons (Fsp3) is 0.333. The van der Waals surface area contributed by atoms with Gasteiger partial charge in [0.25, 0.3) is 10.0 Å². The number of hydrogen-bond acceptors (Lipinski definition) is 4. The zero-order valence-corrected chi connectivity index (χ0v) is 14.3. The smallest absolute Gasteiger partial charge is 0.271 e. The lowest BCUT2D eigenvalue weighted by molar-refractivity contribution is 0.603. The van der Waals surface area contributed by atoms with Gasteiger partial charge in [0.2, 0.25) is 0 Å². The van der Waals surface area contributed by atoms with Crippen molar-refractivity contribution in [1.29, 1.82) is 0 Å². The highest BCUT2D eigenvalue weighted by Gasteiger charge is 2.19. The van der Waals surface area contributed by atoms with E-state index in [4.69, 9.17) is 0 Å². The van der Waals surface area contributed by atoms with Crippen LogP contribution in [0.4, 0.5) is 5.69 Å². The van der Waals surface area contributed by atoms with E-state index in [1.165, 1.54) is 11.3 Å². The summed E-state index contributed by atoms with van der Waals surface area (Å²) in [7, 11) is -1.68. The molecule has 2 aromatic rings. The third-order valence-electron chi connectivity index (χ3n) is 3.07. The maximum Gasteiger partial charge on any atom is 0.271 e. The first-order valence-electron chi connectivity index (χ1n) is 6.67. The maximum absolute atomic E-state index is 12.5. The average molecular weight is 324 g/mol. The predicted octanol–water partition coefficient (Wildman–Crippen LogP) is 3.19. The number of sulfonamides is 1. The quantitative estimate of drug-likeness (QED) is 0.888. The van der Waals surface area contributed by atoms with Crippen molar-refractivity contribution >= 4 is 27.0 Å². The maximum atomic E-state index is 12.5. The van der Waals surface area contributed by atoms with Gasteiger partial charge in [-0.15, -0.1) is 11.3 Å². The summed E-state index contributed by atoms with van der Waals surface area (Å²) in [6.45, 7) is 6.50. The zero-order valence-electron chi connectivity index (χ0n) is 12.6. The second-order valence-electron chi connectivity index (χ2n) is 5.18. The van der Waals surface area contributed by atoms with Gasteiger partial charge in [0.05, 0.1) is 0 Å². The minimum Gasteiger partial charge on any atom is -0.315 e. The molecule has 4 nitrogen and oxygen atoms in total. The summed E-state index contributed by atoms with van der Waals surface area (Å²) in [6.07, 6.45) is 0. The van der Waals surface area contributed by atoms with Gasteiger partial charge < -0.3 is 5.32 Å². The lowest BCUT2D eigenvalue weighted by Crippen LogP contribution is -2.11. The summed E-state index contributed by atoms with van der Waals surface area (Å²) in [4.78, 5) is 1.04. The molecule has 0 aliphatic carbocycles. The van der Waals surface area contributed by atoms with Gasteiger partial charge in [-0.25, -0.2) is 8.42 Å². The second-order valence-corrected chi connectivity index (χ2v) is 8.23. The molecule has 1 heterocycles. The minimum absolute atomic E-state index is 0.351. The zero-order chi connectivity index (χ0) is 15.6. The number of aryl methyl sites for hydroxylation is 3. The Kier molecular flexibility index (Phi) is 4.70. The van der Waals surface area contributed by atoms with Crippen molar-refractivity contribution in [2.24, 2.45) is 0 Å². The highest BCUT2D eigenvalue weighted by atomic mass is 32.2. The molecule has 0 radical (unpaired) electrons. The van der Waals surface area contributed by atoms with Crippen LogP contribution in [0, 0.1) is 20.8 Å². The van der Waals surface area contributed by atoms with Crippen LogP contribution in [0.15, 0.2) is 28.5 Å². The molecule has 0 saturated carbocycles. The van der Waals surface area contributed by atoms with E-state index >= 15 is 0 Å². The van der Waals surface area contributed by atoms with E-state index in [1.54, 1.807) is 6.07 Å². The SMILES string of the molecule is CNCc1sc(S(=O)(=O)Nc2cc(C)cc(C)c2)cc1C. The molecule has 0 spiro atoms. The van der Waals surface area contributed by atoms with Gasteiger partial charge in [-0.05, 0) is 62.7 Å².